The van der Waals surface area contributed by atoms with Crippen LogP contribution < -0.4 is 0 Å². The average Bonchev–Trinajstić information content (AvgIpc) is 3.13. The molecule has 1 N–H and O–H groups in total. The second-order valence-corrected chi connectivity index (χ2v) is 5.49. The molecule has 2 heterocycles. The summed E-state index contributed by atoms with van der Waals surface area (Å²) in [5.41, 5.74) is -0.792. The van der Waals surface area contributed by atoms with Crippen molar-refractivity contribution in [2.75, 3.05) is 19.6 Å². The summed E-state index contributed by atoms with van der Waals surface area (Å²) in [4.78, 5) is 27.3. The van der Waals surface area contributed by atoms with Gasteiger partial charge in [-0.2, -0.15) is 0 Å². The highest BCUT2D eigenvalue weighted by Gasteiger charge is 2.45. The van der Waals surface area contributed by atoms with Crippen molar-refractivity contribution in [1.29, 1.82) is 0 Å². The molecule has 1 aliphatic rings. The van der Waals surface area contributed by atoms with Crippen LogP contribution in [0.2, 0.25) is 0 Å². The number of carboxylic acid groups (broad SMARTS) is 1. The molecule has 0 saturated carbocycles. The van der Waals surface area contributed by atoms with Gasteiger partial charge < -0.3 is 19.3 Å². The van der Waals surface area contributed by atoms with Gasteiger partial charge in [-0.15, -0.1) is 0 Å². The van der Waals surface area contributed by atoms with Crippen molar-refractivity contribution in [3.63, 3.8) is 0 Å². The Bertz CT molecular complexity index is 500. The van der Waals surface area contributed by atoms with Gasteiger partial charge in [-0.1, -0.05) is 6.92 Å². The predicted molar refractivity (Wildman–Crippen MR) is 76.7 cm³/mol. The van der Waals surface area contributed by atoms with Gasteiger partial charge in [0.15, 0.2) is 0 Å². The predicted octanol–water partition coefficient (Wildman–Crippen LogP) is 2.41. The van der Waals surface area contributed by atoms with Crippen LogP contribution in [0, 0.1) is 5.41 Å². The molecule has 0 aliphatic carbocycles. The van der Waals surface area contributed by atoms with Crippen molar-refractivity contribution < 1.29 is 19.1 Å². The highest BCUT2D eigenvalue weighted by molar-refractivity contribution is 5.79. The molecule has 6 heteroatoms. The van der Waals surface area contributed by atoms with E-state index in [1.165, 1.54) is 0 Å². The lowest BCUT2D eigenvalue weighted by Crippen LogP contribution is -2.43. The second-order valence-electron chi connectivity index (χ2n) is 5.49. The van der Waals surface area contributed by atoms with E-state index in [-0.39, 0.29) is 12.6 Å². The van der Waals surface area contributed by atoms with E-state index in [0.717, 1.165) is 5.76 Å². The number of amides is 2. The van der Waals surface area contributed by atoms with Crippen LogP contribution in [0.25, 0.3) is 0 Å². The highest BCUT2D eigenvalue weighted by Crippen LogP contribution is 2.34. The fraction of sp³-hybridized carbons (Fsp3) is 0.600. The summed E-state index contributed by atoms with van der Waals surface area (Å²) in [5, 5.41) is 9.40. The van der Waals surface area contributed by atoms with Gasteiger partial charge in [-0.05, 0) is 31.9 Å². The third-order valence-electron chi connectivity index (χ3n) is 4.33. The summed E-state index contributed by atoms with van der Waals surface area (Å²) in [6.45, 7) is 5.51. The molecule has 1 atom stereocenters. The van der Waals surface area contributed by atoms with Crippen molar-refractivity contribution in [3.05, 3.63) is 24.2 Å². The van der Waals surface area contributed by atoms with Gasteiger partial charge in [-0.3, -0.25) is 4.79 Å². The summed E-state index contributed by atoms with van der Waals surface area (Å²) >= 11 is 0. The van der Waals surface area contributed by atoms with Crippen LogP contribution in [-0.4, -0.2) is 46.5 Å². The molecular formula is C15H22N2O4. The molecule has 6 nitrogen and oxygen atoms in total. The number of rotatable bonds is 5. The largest absolute Gasteiger partial charge is 0.481 e. The lowest BCUT2D eigenvalue weighted by Gasteiger charge is -2.28. The van der Waals surface area contributed by atoms with Crippen LogP contribution in [-0.2, 0) is 11.3 Å². The minimum Gasteiger partial charge on any atom is -0.481 e. The number of nitrogens with zero attached hydrogens (tertiary/aromatic N) is 2. The second kappa shape index (κ2) is 6.20. The minimum absolute atomic E-state index is 0.120. The number of likely N-dealkylation sites (tertiary alicyclic amines) is 1. The molecule has 2 amide bonds. The van der Waals surface area contributed by atoms with Crippen LogP contribution >= 0.6 is 0 Å². The average molecular weight is 294 g/mol. The molecule has 1 aliphatic heterocycles. The Hall–Kier alpha value is -1.98. The van der Waals surface area contributed by atoms with E-state index in [9.17, 15) is 14.7 Å². The number of hydrogen-bond acceptors (Lipinski definition) is 3. The number of carboxylic acids is 1. The molecular weight excluding hydrogens is 272 g/mol. The van der Waals surface area contributed by atoms with Gasteiger partial charge >= 0.3 is 12.0 Å². The first-order valence-electron chi connectivity index (χ1n) is 7.32. The molecule has 116 valence electrons. The molecule has 0 aromatic carbocycles. The fourth-order valence-electron chi connectivity index (χ4n) is 2.76. The van der Waals surface area contributed by atoms with Crippen molar-refractivity contribution in [3.8, 4) is 0 Å². The van der Waals surface area contributed by atoms with E-state index in [1.807, 2.05) is 19.9 Å². The van der Waals surface area contributed by atoms with Crippen LogP contribution in [0.3, 0.4) is 0 Å². The summed E-state index contributed by atoms with van der Waals surface area (Å²) in [7, 11) is 0. The summed E-state index contributed by atoms with van der Waals surface area (Å²) in [6.07, 6.45) is 2.63. The summed E-state index contributed by atoms with van der Waals surface area (Å²) in [5.74, 6) is -0.0845. The smallest absolute Gasteiger partial charge is 0.320 e. The van der Waals surface area contributed by atoms with Gasteiger partial charge in [-0.25, -0.2) is 4.79 Å². The van der Waals surface area contributed by atoms with Gasteiger partial charge in [0, 0.05) is 19.6 Å². The minimum atomic E-state index is -0.811. The third kappa shape index (κ3) is 3.04. The Morgan fingerprint density at radius 2 is 2.24 bits per heavy atom. The maximum atomic E-state index is 12.5. The first kappa shape index (κ1) is 15.4. The number of carbonyl (C=O) groups is 2. The normalized spacial score (nSPS) is 21.5. The number of urea groups is 1. The molecule has 0 bridgehead atoms. The number of hydrogen-bond donors (Lipinski definition) is 1. The van der Waals surface area contributed by atoms with E-state index in [1.54, 1.807) is 22.1 Å². The lowest BCUT2D eigenvalue weighted by molar-refractivity contribution is -0.148. The van der Waals surface area contributed by atoms with E-state index in [0.29, 0.717) is 32.5 Å². The molecule has 21 heavy (non-hydrogen) atoms. The quantitative estimate of drug-likeness (QED) is 0.905. The lowest BCUT2D eigenvalue weighted by atomic mass is 9.84. The Labute approximate surface area is 124 Å². The van der Waals surface area contributed by atoms with E-state index in [4.69, 9.17) is 4.42 Å². The topological polar surface area (TPSA) is 74.0 Å². The maximum absolute atomic E-state index is 12.5. The molecule has 0 radical (unpaired) electrons. The van der Waals surface area contributed by atoms with Crippen molar-refractivity contribution in [2.45, 2.75) is 33.2 Å². The van der Waals surface area contributed by atoms with Crippen LogP contribution in [0.15, 0.2) is 22.8 Å². The van der Waals surface area contributed by atoms with Gasteiger partial charge in [0.25, 0.3) is 0 Å². The van der Waals surface area contributed by atoms with Crippen molar-refractivity contribution in [2.24, 2.45) is 5.41 Å². The van der Waals surface area contributed by atoms with Gasteiger partial charge in [0.2, 0.25) is 0 Å². The Morgan fingerprint density at radius 1 is 1.48 bits per heavy atom. The number of aliphatic carboxylic acids is 1. The fourth-order valence-corrected chi connectivity index (χ4v) is 2.76. The van der Waals surface area contributed by atoms with E-state index >= 15 is 0 Å². The Morgan fingerprint density at radius 3 is 2.71 bits per heavy atom. The first-order chi connectivity index (χ1) is 10.0. The third-order valence-corrected chi connectivity index (χ3v) is 4.33. The molecule has 1 unspecified atom stereocenters. The highest BCUT2D eigenvalue weighted by atomic mass is 16.4. The SMILES string of the molecule is CCN(Cc1ccco1)C(=O)N1CCC(CC)(C(=O)O)C1. The molecule has 0 spiro atoms. The molecule has 1 saturated heterocycles. The summed E-state index contributed by atoms with van der Waals surface area (Å²) < 4.78 is 5.27. The maximum Gasteiger partial charge on any atom is 0.320 e. The zero-order valence-electron chi connectivity index (χ0n) is 12.5. The van der Waals surface area contributed by atoms with Crippen LogP contribution in [0.1, 0.15) is 32.4 Å². The number of carbonyl (C=O) groups excluding carboxylic acids is 1. The molecule has 2 rings (SSSR count). The van der Waals surface area contributed by atoms with Crippen LogP contribution in [0.5, 0.6) is 0 Å². The summed E-state index contributed by atoms with van der Waals surface area (Å²) in [6, 6.07) is 3.49. The van der Waals surface area contributed by atoms with Crippen molar-refractivity contribution >= 4 is 12.0 Å². The van der Waals surface area contributed by atoms with Crippen LogP contribution in [0.4, 0.5) is 4.79 Å². The number of furan rings is 1. The van der Waals surface area contributed by atoms with E-state index in [2.05, 4.69) is 0 Å². The van der Waals surface area contributed by atoms with Gasteiger partial charge in [0.05, 0.1) is 18.2 Å². The zero-order valence-corrected chi connectivity index (χ0v) is 12.5. The van der Waals surface area contributed by atoms with Gasteiger partial charge in [0.1, 0.15) is 5.76 Å². The molecule has 1 aromatic rings. The Balaban J connectivity index is 2.04. The monoisotopic (exact) mass is 294 g/mol. The molecule has 1 aromatic heterocycles. The molecule has 1 fully saturated rings. The Kier molecular flexibility index (Phi) is 4.55. The van der Waals surface area contributed by atoms with E-state index < -0.39 is 11.4 Å². The first-order valence-corrected chi connectivity index (χ1v) is 7.32. The zero-order chi connectivity index (χ0) is 15.5. The standard InChI is InChI=1S/C15H22N2O4/c1-3-15(13(18)19)7-8-17(11-15)14(20)16(4-2)10-12-6-5-9-21-12/h5-6,9H,3-4,7-8,10-11H2,1-2H3,(H,18,19). The van der Waals surface area contributed by atoms with Crippen molar-refractivity contribution in [1.82, 2.24) is 9.80 Å².